The van der Waals surface area contributed by atoms with E-state index in [-0.39, 0.29) is 29.6 Å². The predicted octanol–water partition coefficient (Wildman–Crippen LogP) is 3.11. The van der Waals surface area contributed by atoms with E-state index in [4.69, 9.17) is 0 Å². The number of benzene rings is 2. The molecule has 2 atom stereocenters. The summed E-state index contributed by atoms with van der Waals surface area (Å²) in [5, 5.41) is 8.71. The molecule has 3 N–H and O–H groups in total. The van der Waals surface area contributed by atoms with Gasteiger partial charge in [0.1, 0.15) is 5.82 Å². The SMILES string of the molecule is CNCC(C)C(=O)NC(C)c1ccc(NC(=O)c2ccc(F)cc2)cc1. The van der Waals surface area contributed by atoms with Gasteiger partial charge in [-0.2, -0.15) is 0 Å². The normalized spacial score (nSPS) is 12.9. The molecule has 6 heteroatoms. The number of nitrogens with one attached hydrogen (secondary N) is 3. The summed E-state index contributed by atoms with van der Waals surface area (Å²) in [5.41, 5.74) is 1.95. The van der Waals surface area contributed by atoms with Gasteiger partial charge in [0.05, 0.1) is 6.04 Å². The van der Waals surface area contributed by atoms with Crippen LogP contribution in [-0.4, -0.2) is 25.4 Å². The van der Waals surface area contributed by atoms with Crippen molar-refractivity contribution in [2.45, 2.75) is 19.9 Å². The van der Waals surface area contributed by atoms with Gasteiger partial charge in [-0.15, -0.1) is 0 Å². The maximum Gasteiger partial charge on any atom is 0.255 e. The Morgan fingerprint density at radius 1 is 1.00 bits per heavy atom. The van der Waals surface area contributed by atoms with Gasteiger partial charge in [-0.25, -0.2) is 4.39 Å². The molecule has 0 aliphatic heterocycles. The molecule has 0 saturated carbocycles. The van der Waals surface area contributed by atoms with Crippen molar-refractivity contribution in [3.63, 3.8) is 0 Å². The van der Waals surface area contributed by atoms with Crippen molar-refractivity contribution < 1.29 is 14.0 Å². The molecule has 0 aliphatic carbocycles. The Bertz CT molecular complexity index is 745. The zero-order valence-electron chi connectivity index (χ0n) is 15.2. The average Bonchev–Trinajstić information content (AvgIpc) is 2.63. The van der Waals surface area contributed by atoms with Gasteiger partial charge < -0.3 is 16.0 Å². The smallest absolute Gasteiger partial charge is 0.255 e. The number of anilines is 1. The highest BCUT2D eigenvalue weighted by molar-refractivity contribution is 6.04. The lowest BCUT2D eigenvalue weighted by atomic mass is 10.1. The maximum atomic E-state index is 12.9. The molecule has 2 aromatic carbocycles. The molecule has 0 aliphatic rings. The van der Waals surface area contributed by atoms with E-state index in [0.29, 0.717) is 17.8 Å². The standard InChI is InChI=1S/C20H24FN3O2/c1-13(12-22-3)19(25)23-14(2)15-6-10-18(11-7-15)24-20(26)16-4-8-17(21)9-5-16/h4-11,13-14,22H,12H2,1-3H3,(H,23,25)(H,24,26). The summed E-state index contributed by atoms with van der Waals surface area (Å²) in [6.45, 7) is 4.40. The summed E-state index contributed by atoms with van der Waals surface area (Å²) < 4.78 is 12.9. The predicted molar refractivity (Wildman–Crippen MR) is 100 cm³/mol. The van der Waals surface area contributed by atoms with E-state index >= 15 is 0 Å². The topological polar surface area (TPSA) is 70.2 Å². The van der Waals surface area contributed by atoms with Crippen molar-refractivity contribution in [3.8, 4) is 0 Å². The van der Waals surface area contributed by atoms with Crippen molar-refractivity contribution >= 4 is 17.5 Å². The highest BCUT2D eigenvalue weighted by atomic mass is 19.1. The molecule has 5 nitrogen and oxygen atoms in total. The van der Waals surface area contributed by atoms with Crippen molar-refractivity contribution in [3.05, 3.63) is 65.5 Å². The minimum absolute atomic E-state index is 0.0134. The Hall–Kier alpha value is -2.73. The lowest BCUT2D eigenvalue weighted by molar-refractivity contribution is -0.125. The number of carbonyl (C=O) groups is 2. The third-order valence-electron chi connectivity index (χ3n) is 4.09. The molecule has 0 aromatic heterocycles. The van der Waals surface area contributed by atoms with E-state index in [2.05, 4.69) is 16.0 Å². The van der Waals surface area contributed by atoms with Crippen LogP contribution in [0, 0.1) is 11.7 Å². The second-order valence-corrected chi connectivity index (χ2v) is 6.27. The highest BCUT2D eigenvalue weighted by Crippen LogP contribution is 2.17. The summed E-state index contributed by atoms with van der Waals surface area (Å²) in [4.78, 5) is 24.2. The summed E-state index contributed by atoms with van der Waals surface area (Å²) >= 11 is 0. The summed E-state index contributed by atoms with van der Waals surface area (Å²) in [7, 11) is 1.81. The van der Waals surface area contributed by atoms with E-state index in [1.807, 2.05) is 33.0 Å². The third-order valence-corrected chi connectivity index (χ3v) is 4.09. The molecule has 0 saturated heterocycles. The molecule has 0 radical (unpaired) electrons. The van der Waals surface area contributed by atoms with Crippen LogP contribution < -0.4 is 16.0 Å². The molecule has 2 aromatic rings. The Kier molecular flexibility index (Phi) is 6.86. The van der Waals surface area contributed by atoms with E-state index in [1.165, 1.54) is 24.3 Å². The number of carbonyl (C=O) groups excluding carboxylic acids is 2. The fourth-order valence-electron chi connectivity index (χ4n) is 2.50. The zero-order valence-corrected chi connectivity index (χ0v) is 15.2. The minimum atomic E-state index is -0.383. The van der Waals surface area contributed by atoms with Gasteiger partial charge in [0.25, 0.3) is 5.91 Å². The first-order valence-electron chi connectivity index (χ1n) is 8.52. The van der Waals surface area contributed by atoms with E-state index in [0.717, 1.165) is 5.56 Å². The van der Waals surface area contributed by atoms with Crippen LogP contribution in [0.25, 0.3) is 0 Å². The largest absolute Gasteiger partial charge is 0.349 e. The minimum Gasteiger partial charge on any atom is -0.349 e. The lowest BCUT2D eigenvalue weighted by Gasteiger charge is -2.18. The Morgan fingerprint density at radius 2 is 1.62 bits per heavy atom. The molecule has 0 heterocycles. The number of amides is 2. The number of rotatable bonds is 7. The molecular weight excluding hydrogens is 333 g/mol. The van der Waals surface area contributed by atoms with Crippen LogP contribution in [0.15, 0.2) is 48.5 Å². The van der Waals surface area contributed by atoms with Crippen LogP contribution in [-0.2, 0) is 4.79 Å². The maximum absolute atomic E-state index is 12.9. The molecular formula is C20H24FN3O2. The zero-order chi connectivity index (χ0) is 19.1. The van der Waals surface area contributed by atoms with Gasteiger partial charge in [-0.1, -0.05) is 19.1 Å². The Labute approximate surface area is 153 Å². The second kappa shape index (κ2) is 9.10. The summed E-state index contributed by atoms with van der Waals surface area (Å²) in [6, 6.07) is 12.5. The van der Waals surface area contributed by atoms with Crippen LogP contribution in [0.5, 0.6) is 0 Å². The molecule has 2 unspecified atom stereocenters. The number of halogens is 1. The number of hydrogen-bond acceptors (Lipinski definition) is 3. The van der Waals surface area contributed by atoms with Crippen molar-refractivity contribution in [1.82, 2.24) is 10.6 Å². The van der Waals surface area contributed by atoms with Crippen LogP contribution in [0.4, 0.5) is 10.1 Å². The third kappa shape index (κ3) is 5.39. The van der Waals surface area contributed by atoms with E-state index < -0.39 is 0 Å². The van der Waals surface area contributed by atoms with Crippen LogP contribution in [0.2, 0.25) is 0 Å². The van der Waals surface area contributed by atoms with Gasteiger partial charge >= 0.3 is 0 Å². The van der Waals surface area contributed by atoms with Gasteiger partial charge in [0.2, 0.25) is 5.91 Å². The molecule has 0 spiro atoms. The fourth-order valence-corrected chi connectivity index (χ4v) is 2.50. The van der Waals surface area contributed by atoms with Gasteiger partial charge in [-0.05, 0) is 55.9 Å². The molecule has 2 amide bonds. The van der Waals surface area contributed by atoms with Crippen LogP contribution >= 0.6 is 0 Å². The quantitative estimate of drug-likeness (QED) is 0.713. The van der Waals surface area contributed by atoms with Gasteiger partial charge in [0, 0.05) is 23.7 Å². The van der Waals surface area contributed by atoms with Gasteiger partial charge in [0.15, 0.2) is 0 Å². The van der Waals surface area contributed by atoms with Crippen molar-refractivity contribution in [1.29, 1.82) is 0 Å². The molecule has 0 fully saturated rings. The van der Waals surface area contributed by atoms with Crippen molar-refractivity contribution in [2.24, 2.45) is 5.92 Å². The van der Waals surface area contributed by atoms with Crippen LogP contribution in [0.1, 0.15) is 35.8 Å². The number of hydrogen-bond donors (Lipinski definition) is 3. The highest BCUT2D eigenvalue weighted by Gasteiger charge is 2.15. The first-order valence-corrected chi connectivity index (χ1v) is 8.52. The summed E-state index contributed by atoms with van der Waals surface area (Å²) in [6.07, 6.45) is 0. The Morgan fingerprint density at radius 3 is 2.19 bits per heavy atom. The van der Waals surface area contributed by atoms with Crippen molar-refractivity contribution in [2.75, 3.05) is 18.9 Å². The van der Waals surface area contributed by atoms with Gasteiger partial charge in [-0.3, -0.25) is 9.59 Å². The molecule has 138 valence electrons. The monoisotopic (exact) mass is 357 g/mol. The fraction of sp³-hybridized carbons (Fsp3) is 0.300. The first kappa shape index (κ1) is 19.6. The van der Waals surface area contributed by atoms with Crippen LogP contribution in [0.3, 0.4) is 0 Å². The average molecular weight is 357 g/mol. The molecule has 2 rings (SSSR count). The first-order chi connectivity index (χ1) is 12.4. The lowest BCUT2D eigenvalue weighted by Crippen LogP contribution is -2.35. The Balaban J connectivity index is 1.95. The molecule has 26 heavy (non-hydrogen) atoms. The summed E-state index contributed by atoms with van der Waals surface area (Å²) in [5.74, 6) is -0.816. The van der Waals surface area contributed by atoms with E-state index in [9.17, 15) is 14.0 Å². The second-order valence-electron chi connectivity index (χ2n) is 6.27. The van der Waals surface area contributed by atoms with E-state index in [1.54, 1.807) is 12.1 Å². The molecule has 0 bridgehead atoms.